The third-order valence-corrected chi connectivity index (χ3v) is 4.38. The fourth-order valence-electron chi connectivity index (χ4n) is 2.80. The molecule has 0 aliphatic rings. The van der Waals surface area contributed by atoms with Crippen molar-refractivity contribution in [2.24, 2.45) is 0 Å². The maximum atomic E-state index is 6.12. The fraction of sp³-hybridized carbons (Fsp3) is 0.105. The normalized spacial score (nSPS) is 11.1. The lowest BCUT2D eigenvalue weighted by atomic mass is 10.3. The number of nitrogens with one attached hydrogen (secondary N) is 1. The lowest BCUT2D eigenvalue weighted by Gasteiger charge is -2.13. The number of aryl methyl sites for hydroxylation is 2. The minimum atomic E-state index is 0.591. The highest BCUT2D eigenvalue weighted by atomic mass is 35.5. The van der Waals surface area contributed by atoms with Crippen LogP contribution in [0.2, 0.25) is 10.0 Å². The Morgan fingerprint density at radius 1 is 0.885 bits per heavy atom. The summed E-state index contributed by atoms with van der Waals surface area (Å²) in [7, 11) is 0. The Morgan fingerprint density at radius 3 is 2.42 bits per heavy atom. The first-order chi connectivity index (χ1) is 12.5. The van der Waals surface area contributed by atoms with Crippen molar-refractivity contribution in [2.45, 2.75) is 13.8 Å². The molecule has 0 aliphatic heterocycles. The predicted molar refractivity (Wildman–Crippen MR) is 106 cm³/mol. The van der Waals surface area contributed by atoms with Crippen LogP contribution in [0.5, 0.6) is 0 Å². The molecule has 4 rings (SSSR count). The summed E-state index contributed by atoms with van der Waals surface area (Å²) in [5.41, 5.74) is 4.14. The molecule has 130 valence electrons. The molecule has 0 spiro atoms. The summed E-state index contributed by atoms with van der Waals surface area (Å²) >= 11 is 12.2. The van der Waals surface area contributed by atoms with E-state index < -0.39 is 0 Å². The third kappa shape index (κ3) is 3.23. The van der Waals surface area contributed by atoms with Crippen LogP contribution in [0.3, 0.4) is 0 Å². The van der Waals surface area contributed by atoms with Crippen LogP contribution in [0.1, 0.15) is 11.4 Å². The average molecular weight is 384 g/mol. The van der Waals surface area contributed by atoms with E-state index in [1.54, 1.807) is 16.8 Å². The summed E-state index contributed by atoms with van der Waals surface area (Å²) in [5, 5.41) is 9.10. The lowest BCUT2D eigenvalue weighted by molar-refractivity contribution is 0.808. The lowest BCUT2D eigenvalue weighted by Crippen LogP contribution is -2.08. The Morgan fingerprint density at radius 2 is 1.69 bits per heavy atom. The van der Waals surface area contributed by atoms with Gasteiger partial charge in [0.15, 0.2) is 11.6 Å². The molecule has 26 heavy (non-hydrogen) atoms. The first-order valence-electron chi connectivity index (χ1n) is 8.03. The average Bonchev–Trinajstić information content (AvgIpc) is 2.93. The molecule has 1 N–H and O–H groups in total. The van der Waals surface area contributed by atoms with Gasteiger partial charge in [-0.2, -0.15) is 5.10 Å². The van der Waals surface area contributed by atoms with E-state index in [4.69, 9.17) is 33.2 Å². The van der Waals surface area contributed by atoms with Gasteiger partial charge in [0.05, 0.1) is 16.7 Å². The standard InChI is InChI=1S/C19H15Cl2N5/c1-11-8-12(2)26(25-11)19-18(22-15-5-3-4-13(20)9-15)23-16-7-6-14(21)10-17(16)24-19/h3-10H,1-2H3,(H,22,23). The largest absolute Gasteiger partial charge is 0.337 e. The van der Waals surface area contributed by atoms with Gasteiger partial charge >= 0.3 is 0 Å². The Balaban J connectivity index is 1.92. The number of rotatable bonds is 3. The second-order valence-corrected chi connectivity index (χ2v) is 6.88. The van der Waals surface area contributed by atoms with E-state index >= 15 is 0 Å². The first kappa shape index (κ1) is 16.8. The SMILES string of the molecule is Cc1cc(C)n(-c2nc3cc(Cl)ccc3nc2Nc2cccc(Cl)c2)n1. The first-order valence-corrected chi connectivity index (χ1v) is 8.79. The summed E-state index contributed by atoms with van der Waals surface area (Å²) in [4.78, 5) is 9.49. The van der Waals surface area contributed by atoms with E-state index in [0.29, 0.717) is 27.2 Å². The molecule has 2 aromatic heterocycles. The van der Waals surface area contributed by atoms with Crippen LogP contribution in [-0.2, 0) is 0 Å². The molecule has 5 nitrogen and oxygen atoms in total. The van der Waals surface area contributed by atoms with Crippen molar-refractivity contribution in [3.05, 3.63) is 70.0 Å². The maximum Gasteiger partial charge on any atom is 0.197 e. The quantitative estimate of drug-likeness (QED) is 0.508. The molecule has 0 saturated carbocycles. The summed E-state index contributed by atoms with van der Waals surface area (Å²) in [5.74, 6) is 1.19. The second kappa shape index (κ2) is 6.59. The fourth-order valence-corrected chi connectivity index (χ4v) is 3.15. The second-order valence-electron chi connectivity index (χ2n) is 6.00. The Labute approximate surface area is 160 Å². The number of fused-ring (bicyclic) bond motifs is 1. The Hall–Kier alpha value is -2.63. The van der Waals surface area contributed by atoms with Gasteiger partial charge in [0.2, 0.25) is 0 Å². The Bertz CT molecular complexity index is 1120. The van der Waals surface area contributed by atoms with Crippen LogP contribution in [0, 0.1) is 13.8 Å². The van der Waals surface area contributed by atoms with Crippen molar-refractivity contribution in [1.29, 1.82) is 0 Å². The number of aromatic nitrogens is 4. The molecule has 2 aromatic carbocycles. The van der Waals surface area contributed by atoms with E-state index in [2.05, 4.69) is 10.4 Å². The summed E-state index contributed by atoms with van der Waals surface area (Å²) in [6.07, 6.45) is 0. The molecule has 0 radical (unpaired) electrons. The molecular formula is C19H15Cl2N5. The summed E-state index contributed by atoms with van der Waals surface area (Å²) in [6, 6.07) is 14.9. The topological polar surface area (TPSA) is 55.6 Å². The van der Waals surface area contributed by atoms with Gasteiger partial charge in [-0.1, -0.05) is 29.3 Å². The van der Waals surface area contributed by atoms with Crippen LogP contribution in [0.4, 0.5) is 11.5 Å². The maximum absolute atomic E-state index is 6.12. The van der Waals surface area contributed by atoms with Crippen LogP contribution in [-0.4, -0.2) is 19.7 Å². The van der Waals surface area contributed by atoms with E-state index in [0.717, 1.165) is 22.6 Å². The molecule has 0 bridgehead atoms. The molecule has 0 atom stereocenters. The molecule has 0 saturated heterocycles. The summed E-state index contributed by atoms with van der Waals surface area (Å²) in [6.45, 7) is 3.92. The molecule has 0 unspecified atom stereocenters. The number of hydrogen-bond acceptors (Lipinski definition) is 4. The van der Waals surface area contributed by atoms with E-state index in [-0.39, 0.29) is 0 Å². The molecule has 2 heterocycles. The number of anilines is 2. The minimum absolute atomic E-state index is 0.591. The van der Waals surface area contributed by atoms with Gasteiger partial charge in [0, 0.05) is 21.4 Å². The van der Waals surface area contributed by atoms with Crippen molar-refractivity contribution in [1.82, 2.24) is 19.7 Å². The highest BCUT2D eigenvalue weighted by molar-refractivity contribution is 6.31. The Kier molecular flexibility index (Phi) is 4.26. The zero-order valence-electron chi connectivity index (χ0n) is 14.2. The number of benzene rings is 2. The van der Waals surface area contributed by atoms with Crippen molar-refractivity contribution in [3.63, 3.8) is 0 Å². The van der Waals surface area contributed by atoms with Crippen molar-refractivity contribution in [3.8, 4) is 5.82 Å². The van der Waals surface area contributed by atoms with Gasteiger partial charge < -0.3 is 5.32 Å². The number of hydrogen-bond donors (Lipinski definition) is 1. The highest BCUT2D eigenvalue weighted by Gasteiger charge is 2.15. The zero-order chi connectivity index (χ0) is 18.3. The number of nitrogens with zero attached hydrogens (tertiary/aromatic N) is 4. The summed E-state index contributed by atoms with van der Waals surface area (Å²) < 4.78 is 1.77. The van der Waals surface area contributed by atoms with Crippen LogP contribution >= 0.6 is 23.2 Å². The molecular weight excluding hydrogens is 369 g/mol. The van der Waals surface area contributed by atoms with E-state index in [1.807, 2.05) is 50.2 Å². The van der Waals surface area contributed by atoms with Gasteiger partial charge in [-0.15, -0.1) is 0 Å². The van der Waals surface area contributed by atoms with Crippen LogP contribution in [0.15, 0.2) is 48.5 Å². The monoisotopic (exact) mass is 383 g/mol. The predicted octanol–water partition coefficient (Wildman–Crippen LogP) is 5.48. The van der Waals surface area contributed by atoms with Crippen molar-refractivity contribution >= 4 is 45.7 Å². The zero-order valence-corrected chi connectivity index (χ0v) is 15.7. The van der Waals surface area contributed by atoms with Gasteiger partial charge in [-0.05, 0) is 56.3 Å². The molecule has 0 fully saturated rings. The molecule has 0 amide bonds. The van der Waals surface area contributed by atoms with E-state index in [9.17, 15) is 0 Å². The van der Waals surface area contributed by atoms with Crippen LogP contribution < -0.4 is 5.32 Å². The molecule has 4 aromatic rings. The van der Waals surface area contributed by atoms with Gasteiger partial charge in [0.25, 0.3) is 0 Å². The highest BCUT2D eigenvalue weighted by Crippen LogP contribution is 2.27. The van der Waals surface area contributed by atoms with Gasteiger partial charge in [-0.3, -0.25) is 0 Å². The van der Waals surface area contributed by atoms with Gasteiger partial charge in [0.1, 0.15) is 0 Å². The smallest absolute Gasteiger partial charge is 0.197 e. The molecule has 7 heteroatoms. The van der Waals surface area contributed by atoms with Crippen LogP contribution in [0.25, 0.3) is 16.9 Å². The van der Waals surface area contributed by atoms with Gasteiger partial charge in [-0.25, -0.2) is 14.6 Å². The van der Waals surface area contributed by atoms with Crippen molar-refractivity contribution < 1.29 is 0 Å². The van der Waals surface area contributed by atoms with Crippen molar-refractivity contribution in [2.75, 3.05) is 5.32 Å². The third-order valence-electron chi connectivity index (χ3n) is 3.91. The number of halogens is 2. The molecule has 0 aliphatic carbocycles. The minimum Gasteiger partial charge on any atom is -0.337 e. The van der Waals surface area contributed by atoms with E-state index in [1.165, 1.54) is 0 Å².